The zero-order valence-corrected chi connectivity index (χ0v) is 16.1. The summed E-state index contributed by atoms with van der Waals surface area (Å²) in [4.78, 5) is 13.8. The van der Waals surface area contributed by atoms with Crippen LogP contribution < -0.4 is 0 Å². The molecule has 0 aliphatic carbocycles. The van der Waals surface area contributed by atoms with Crippen molar-refractivity contribution in [2.24, 2.45) is 0 Å². The highest BCUT2D eigenvalue weighted by atomic mass is 32.2. The third-order valence-electron chi connectivity index (χ3n) is 4.46. The summed E-state index contributed by atoms with van der Waals surface area (Å²) in [6.07, 6.45) is 0. The Morgan fingerprint density at radius 3 is 2.39 bits per heavy atom. The summed E-state index contributed by atoms with van der Waals surface area (Å²) in [7, 11) is -2.38. The molecule has 0 bridgehead atoms. The molecule has 0 unspecified atom stereocenters. The van der Waals surface area contributed by atoms with Gasteiger partial charge in [0, 0.05) is 26.7 Å². The number of hydrogen-bond donors (Lipinski definition) is 0. The highest BCUT2D eigenvalue weighted by Crippen LogP contribution is 2.21. The first-order valence-corrected chi connectivity index (χ1v) is 10.1. The van der Waals surface area contributed by atoms with Crippen molar-refractivity contribution >= 4 is 15.9 Å². The maximum Gasteiger partial charge on any atom is 0.256 e. The van der Waals surface area contributed by atoms with E-state index in [1.807, 2.05) is 0 Å². The van der Waals surface area contributed by atoms with Gasteiger partial charge in [-0.3, -0.25) is 4.79 Å². The van der Waals surface area contributed by atoms with E-state index in [9.17, 15) is 22.0 Å². The van der Waals surface area contributed by atoms with E-state index < -0.39 is 27.6 Å². The van der Waals surface area contributed by atoms with Crippen LogP contribution in [0.4, 0.5) is 8.78 Å². The van der Waals surface area contributed by atoms with E-state index in [4.69, 9.17) is 4.74 Å². The number of benzene rings is 2. The third-order valence-corrected chi connectivity index (χ3v) is 6.35. The molecule has 2 aromatic rings. The van der Waals surface area contributed by atoms with E-state index >= 15 is 0 Å². The van der Waals surface area contributed by atoms with Gasteiger partial charge < -0.3 is 9.64 Å². The molecule has 0 spiro atoms. The Kier molecular flexibility index (Phi) is 6.07. The van der Waals surface area contributed by atoms with Gasteiger partial charge in [0.1, 0.15) is 11.6 Å². The molecule has 1 aliphatic rings. The van der Waals surface area contributed by atoms with Crippen LogP contribution in [0, 0.1) is 11.6 Å². The first-order valence-electron chi connectivity index (χ1n) is 8.66. The van der Waals surface area contributed by atoms with Crippen molar-refractivity contribution in [2.45, 2.75) is 11.4 Å². The topological polar surface area (TPSA) is 66.9 Å². The lowest BCUT2D eigenvalue weighted by Crippen LogP contribution is -2.40. The molecule has 1 amide bonds. The van der Waals surface area contributed by atoms with E-state index in [-0.39, 0.29) is 43.3 Å². The van der Waals surface area contributed by atoms with Crippen LogP contribution in [0.3, 0.4) is 0 Å². The lowest BCUT2D eigenvalue weighted by Gasteiger charge is -2.26. The molecule has 1 heterocycles. The number of carbonyl (C=O) groups excluding carboxylic acids is 1. The van der Waals surface area contributed by atoms with Crippen LogP contribution in [0.5, 0.6) is 0 Å². The van der Waals surface area contributed by atoms with E-state index in [1.165, 1.54) is 40.5 Å². The van der Waals surface area contributed by atoms with Crippen LogP contribution in [0.25, 0.3) is 0 Å². The zero-order valence-electron chi connectivity index (χ0n) is 15.3. The van der Waals surface area contributed by atoms with Gasteiger partial charge in [0.05, 0.1) is 23.7 Å². The normalized spacial score (nSPS) is 15.4. The highest BCUT2D eigenvalue weighted by Gasteiger charge is 2.28. The van der Waals surface area contributed by atoms with Gasteiger partial charge >= 0.3 is 0 Å². The molecule has 9 heteroatoms. The van der Waals surface area contributed by atoms with E-state index in [1.54, 1.807) is 0 Å². The van der Waals surface area contributed by atoms with E-state index in [0.29, 0.717) is 5.56 Å². The monoisotopic (exact) mass is 410 g/mol. The summed E-state index contributed by atoms with van der Waals surface area (Å²) in [5.74, 6) is -1.87. The van der Waals surface area contributed by atoms with Gasteiger partial charge in [0.25, 0.3) is 5.91 Å². The predicted molar refractivity (Wildman–Crippen MR) is 98.2 cm³/mol. The maximum absolute atomic E-state index is 14.3. The average Bonchev–Trinajstić information content (AvgIpc) is 2.70. The van der Waals surface area contributed by atoms with Crippen molar-refractivity contribution in [3.8, 4) is 0 Å². The number of hydrogen-bond acceptors (Lipinski definition) is 4. The van der Waals surface area contributed by atoms with Gasteiger partial charge in [-0.25, -0.2) is 17.2 Å². The number of nitrogens with zero attached hydrogens (tertiary/aromatic N) is 2. The molecule has 0 N–H and O–H groups in total. The van der Waals surface area contributed by atoms with Crippen LogP contribution in [-0.2, 0) is 21.3 Å². The van der Waals surface area contributed by atoms with Crippen LogP contribution in [-0.4, -0.2) is 56.9 Å². The van der Waals surface area contributed by atoms with Gasteiger partial charge in [-0.05, 0) is 35.9 Å². The lowest BCUT2D eigenvalue weighted by molar-refractivity contribution is 0.0730. The molecule has 0 aromatic heterocycles. The van der Waals surface area contributed by atoms with Crippen LogP contribution in [0.2, 0.25) is 0 Å². The summed E-state index contributed by atoms with van der Waals surface area (Å²) in [5, 5.41) is 0. The Labute approximate surface area is 162 Å². The summed E-state index contributed by atoms with van der Waals surface area (Å²) in [6.45, 7) is 1.10. The second-order valence-electron chi connectivity index (χ2n) is 6.45. The van der Waals surface area contributed by atoms with Crippen molar-refractivity contribution in [3.63, 3.8) is 0 Å². The molecular weight excluding hydrogens is 390 g/mol. The van der Waals surface area contributed by atoms with Gasteiger partial charge in [-0.2, -0.15) is 4.31 Å². The quantitative estimate of drug-likeness (QED) is 0.759. The molecule has 3 rings (SSSR count). The Morgan fingerprint density at radius 1 is 1.11 bits per heavy atom. The van der Waals surface area contributed by atoms with Gasteiger partial charge in [0.15, 0.2) is 0 Å². The first-order chi connectivity index (χ1) is 13.3. The number of morpholine rings is 1. The van der Waals surface area contributed by atoms with Crippen LogP contribution in [0.15, 0.2) is 47.4 Å². The summed E-state index contributed by atoms with van der Waals surface area (Å²) in [6, 6.07) is 8.77. The number of ether oxygens (including phenoxy) is 1. The Morgan fingerprint density at radius 2 is 1.75 bits per heavy atom. The molecule has 0 radical (unpaired) electrons. The SMILES string of the molecule is CN(Cc1ccc(F)cc1)C(=O)c1cc(S(=O)(=O)N2CCOCC2)ccc1F. The Hall–Kier alpha value is -2.36. The minimum absolute atomic E-state index is 0.124. The number of rotatable bonds is 5. The Balaban J connectivity index is 1.84. The lowest BCUT2D eigenvalue weighted by atomic mass is 10.1. The molecule has 0 saturated carbocycles. The van der Waals surface area contributed by atoms with Gasteiger partial charge in [-0.15, -0.1) is 0 Å². The molecule has 1 saturated heterocycles. The van der Waals surface area contributed by atoms with Gasteiger partial charge in [0.2, 0.25) is 10.0 Å². The molecule has 2 aromatic carbocycles. The first kappa shape index (κ1) is 20.4. The minimum Gasteiger partial charge on any atom is -0.379 e. The van der Waals surface area contributed by atoms with Crippen molar-refractivity contribution in [1.29, 1.82) is 0 Å². The number of halogens is 2. The molecule has 150 valence electrons. The Bertz CT molecular complexity index is 958. The van der Waals surface area contributed by atoms with Crippen molar-refractivity contribution < 1.29 is 26.7 Å². The summed E-state index contributed by atoms with van der Waals surface area (Å²) >= 11 is 0. The smallest absolute Gasteiger partial charge is 0.256 e. The van der Waals surface area contributed by atoms with E-state index in [0.717, 1.165) is 18.2 Å². The second-order valence-corrected chi connectivity index (χ2v) is 8.38. The van der Waals surface area contributed by atoms with Crippen molar-refractivity contribution in [3.05, 3.63) is 65.2 Å². The molecule has 1 fully saturated rings. The fourth-order valence-electron chi connectivity index (χ4n) is 2.91. The predicted octanol–water partition coefficient (Wildman–Crippen LogP) is 2.26. The molecule has 0 atom stereocenters. The van der Waals surface area contributed by atoms with E-state index in [2.05, 4.69) is 0 Å². The third kappa shape index (κ3) is 4.37. The fraction of sp³-hybridized carbons (Fsp3) is 0.316. The van der Waals surface area contributed by atoms with Crippen molar-refractivity contribution in [1.82, 2.24) is 9.21 Å². The molecular formula is C19H20F2N2O4S. The zero-order chi connectivity index (χ0) is 20.3. The fourth-order valence-corrected chi connectivity index (χ4v) is 4.34. The minimum atomic E-state index is -3.85. The number of sulfonamides is 1. The van der Waals surface area contributed by atoms with Crippen molar-refractivity contribution in [2.75, 3.05) is 33.4 Å². The summed E-state index contributed by atoms with van der Waals surface area (Å²) in [5.41, 5.74) is 0.327. The standard InChI is InChI=1S/C19H20F2N2O4S/c1-22(13-14-2-4-15(20)5-3-14)19(24)17-12-16(6-7-18(17)21)28(25,26)23-8-10-27-11-9-23/h2-7,12H,8-11,13H2,1H3. The van der Waals surface area contributed by atoms with Crippen LogP contribution >= 0.6 is 0 Å². The molecule has 1 aliphatic heterocycles. The number of amides is 1. The second kappa shape index (κ2) is 8.34. The number of carbonyl (C=O) groups is 1. The molecule has 6 nitrogen and oxygen atoms in total. The highest BCUT2D eigenvalue weighted by molar-refractivity contribution is 7.89. The van der Waals surface area contributed by atoms with Gasteiger partial charge in [-0.1, -0.05) is 12.1 Å². The molecule has 28 heavy (non-hydrogen) atoms. The van der Waals surface area contributed by atoms with Crippen LogP contribution in [0.1, 0.15) is 15.9 Å². The largest absolute Gasteiger partial charge is 0.379 e. The average molecular weight is 410 g/mol. The summed E-state index contributed by atoms with van der Waals surface area (Å²) < 4.78 is 59.2. The maximum atomic E-state index is 14.3.